The standard InChI is InChI=1S/C25H21N7O2/c1-25(2,13-26)21-8-5-16(11-28-21)32-14-30-19-12-27-18-7-6-17(31-22(18)23(19)32)15-9-20(33-3)24(34-4)29-10-15/h5-12,14H,1-4H3. The van der Waals surface area contributed by atoms with Crippen molar-refractivity contribution in [3.63, 3.8) is 0 Å². The lowest BCUT2D eigenvalue weighted by molar-refractivity contribution is 0.343. The summed E-state index contributed by atoms with van der Waals surface area (Å²) in [5.74, 6) is 0.930. The Morgan fingerprint density at radius 2 is 1.76 bits per heavy atom. The number of pyridine rings is 4. The minimum atomic E-state index is -0.671. The van der Waals surface area contributed by atoms with Crippen molar-refractivity contribution < 1.29 is 9.47 Å². The molecule has 0 amide bonds. The van der Waals surface area contributed by atoms with Crippen LogP contribution >= 0.6 is 0 Å². The molecule has 0 saturated carbocycles. The van der Waals surface area contributed by atoms with E-state index in [1.54, 1.807) is 39.1 Å². The zero-order valence-corrected chi connectivity index (χ0v) is 19.1. The van der Waals surface area contributed by atoms with E-state index in [1.807, 2.05) is 48.7 Å². The summed E-state index contributed by atoms with van der Waals surface area (Å²) in [4.78, 5) is 22.8. The highest BCUT2D eigenvalue weighted by Crippen LogP contribution is 2.31. The van der Waals surface area contributed by atoms with Crippen molar-refractivity contribution in [3.05, 3.63) is 60.9 Å². The van der Waals surface area contributed by atoms with Crippen LogP contribution in [-0.4, -0.2) is 43.7 Å². The van der Waals surface area contributed by atoms with E-state index in [2.05, 4.69) is 26.0 Å². The van der Waals surface area contributed by atoms with Crippen LogP contribution in [-0.2, 0) is 5.41 Å². The second-order valence-electron chi connectivity index (χ2n) is 8.24. The van der Waals surface area contributed by atoms with Crippen molar-refractivity contribution in [1.82, 2.24) is 29.5 Å². The van der Waals surface area contributed by atoms with Crippen molar-refractivity contribution in [2.45, 2.75) is 19.3 Å². The minimum absolute atomic E-state index is 0.407. The third kappa shape index (κ3) is 3.46. The Morgan fingerprint density at radius 3 is 2.47 bits per heavy atom. The highest BCUT2D eigenvalue weighted by Gasteiger charge is 2.21. The molecule has 0 unspecified atom stereocenters. The summed E-state index contributed by atoms with van der Waals surface area (Å²) in [6.07, 6.45) is 6.89. The van der Waals surface area contributed by atoms with E-state index in [0.717, 1.165) is 22.3 Å². The van der Waals surface area contributed by atoms with Crippen LogP contribution in [0.25, 0.3) is 39.0 Å². The van der Waals surface area contributed by atoms with Crippen molar-refractivity contribution in [1.29, 1.82) is 5.26 Å². The summed E-state index contributed by atoms with van der Waals surface area (Å²) in [5.41, 5.74) is 5.31. The number of nitrogens with zero attached hydrogens (tertiary/aromatic N) is 7. The van der Waals surface area contributed by atoms with E-state index >= 15 is 0 Å². The molecular weight excluding hydrogens is 430 g/mol. The number of aromatic nitrogens is 6. The molecule has 0 atom stereocenters. The highest BCUT2D eigenvalue weighted by molar-refractivity contribution is 6.01. The Bertz CT molecular complexity index is 1570. The minimum Gasteiger partial charge on any atom is -0.491 e. The van der Waals surface area contributed by atoms with Gasteiger partial charge in [-0.15, -0.1) is 0 Å². The maximum atomic E-state index is 9.40. The molecule has 5 aromatic rings. The summed E-state index contributed by atoms with van der Waals surface area (Å²) in [7, 11) is 3.12. The van der Waals surface area contributed by atoms with Gasteiger partial charge in [0.1, 0.15) is 22.9 Å². The van der Waals surface area contributed by atoms with Crippen molar-refractivity contribution >= 4 is 22.1 Å². The van der Waals surface area contributed by atoms with Crippen LogP contribution in [0.15, 0.2) is 55.2 Å². The van der Waals surface area contributed by atoms with Gasteiger partial charge in [-0.2, -0.15) is 5.26 Å². The second kappa shape index (κ2) is 8.08. The summed E-state index contributed by atoms with van der Waals surface area (Å²) in [6.45, 7) is 3.69. The normalized spacial score (nSPS) is 11.5. The molecule has 168 valence electrons. The molecule has 0 aliphatic heterocycles. The number of fused-ring (bicyclic) bond motifs is 3. The first-order chi connectivity index (χ1) is 16.4. The largest absolute Gasteiger partial charge is 0.491 e. The van der Waals surface area contributed by atoms with E-state index in [-0.39, 0.29) is 0 Å². The average Bonchev–Trinajstić information content (AvgIpc) is 3.33. The molecular formula is C25H21N7O2. The molecule has 34 heavy (non-hydrogen) atoms. The summed E-state index contributed by atoms with van der Waals surface area (Å²) in [6, 6.07) is 11.7. The molecule has 9 nitrogen and oxygen atoms in total. The van der Waals surface area contributed by atoms with Gasteiger partial charge in [0.25, 0.3) is 5.88 Å². The lowest BCUT2D eigenvalue weighted by atomic mass is 9.91. The first-order valence-corrected chi connectivity index (χ1v) is 10.5. The topological polar surface area (TPSA) is 112 Å². The second-order valence-corrected chi connectivity index (χ2v) is 8.24. The molecule has 0 saturated heterocycles. The summed E-state index contributed by atoms with van der Waals surface area (Å²) < 4.78 is 12.6. The van der Waals surface area contributed by atoms with Gasteiger partial charge in [0.2, 0.25) is 0 Å². The Balaban J connectivity index is 1.66. The van der Waals surface area contributed by atoms with Crippen molar-refractivity contribution in [2.24, 2.45) is 0 Å². The van der Waals surface area contributed by atoms with E-state index in [0.29, 0.717) is 34.1 Å². The summed E-state index contributed by atoms with van der Waals surface area (Å²) in [5, 5.41) is 9.40. The molecule has 0 spiro atoms. The first-order valence-electron chi connectivity index (χ1n) is 10.5. The lowest BCUT2D eigenvalue weighted by Gasteiger charge is -2.15. The van der Waals surface area contributed by atoms with Gasteiger partial charge in [-0.1, -0.05) is 0 Å². The van der Waals surface area contributed by atoms with Crippen LogP contribution in [0, 0.1) is 11.3 Å². The fraction of sp³-hybridized carbons (Fsp3) is 0.200. The van der Waals surface area contributed by atoms with Gasteiger partial charge in [-0.3, -0.25) is 14.5 Å². The van der Waals surface area contributed by atoms with E-state index in [1.165, 1.54) is 0 Å². The maximum Gasteiger partial charge on any atom is 0.256 e. The van der Waals surface area contributed by atoms with E-state index in [9.17, 15) is 5.26 Å². The molecule has 0 aliphatic carbocycles. The van der Waals surface area contributed by atoms with Crippen LogP contribution in [0.3, 0.4) is 0 Å². The maximum absolute atomic E-state index is 9.40. The SMILES string of the molecule is COc1cc(-c2ccc3ncc4ncn(-c5ccc(C(C)(C)C#N)nc5)c4c3n2)cnc1OC. The van der Waals surface area contributed by atoms with Gasteiger partial charge in [0, 0.05) is 11.8 Å². The van der Waals surface area contributed by atoms with Crippen molar-refractivity contribution in [2.75, 3.05) is 14.2 Å². The van der Waals surface area contributed by atoms with Crippen molar-refractivity contribution in [3.8, 4) is 34.6 Å². The number of imidazole rings is 1. The van der Waals surface area contributed by atoms with Gasteiger partial charge < -0.3 is 9.47 Å². The fourth-order valence-electron chi connectivity index (χ4n) is 3.74. The lowest BCUT2D eigenvalue weighted by Crippen LogP contribution is -2.15. The number of hydrogen-bond acceptors (Lipinski definition) is 8. The highest BCUT2D eigenvalue weighted by atomic mass is 16.5. The molecule has 5 heterocycles. The molecule has 0 aromatic carbocycles. The van der Waals surface area contributed by atoms with Crippen LogP contribution in [0.2, 0.25) is 0 Å². The number of ether oxygens (including phenoxy) is 2. The number of nitriles is 1. The zero-order valence-electron chi connectivity index (χ0n) is 19.1. The predicted molar refractivity (Wildman–Crippen MR) is 127 cm³/mol. The Morgan fingerprint density at radius 1 is 0.912 bits per heavy atom. The molecule has 0 fully saturated rings. The van der Waals surface area contributed by atoms with Crippen LogP contribution in [0.4, 0.5) is 0 Å². The predicted octanol–water partition coefficient (Wildman–Crippen LogP) is 4.24. The Hall–Kier alpha value is -4.58. The molecule has 0 aliphatic rings. The first kappa shape index (κ1) is 21.3. The molecule has 0 bridgehead atoms. The quantitative estimate of drug-likeness (QED) is 0.390. The number of hydrogen-bond donors (Lipinski definition) is 0. The fourth-order valence-corrected chi connectivity index (χ4v) is 3.74. The van der Waals surface area contributed by atoms with Crippen LogP contribution in [0.5, 0.6) is 11.6 Å². The number of rotatable bonds is 5. The Kier molecular flexibility index (Phi) is 5.06. The third-order valence-corrected chi connectivity index (χ3v) is 5.69. The summed E-state index contributed by atoms with van der Waals surface area (Å²) >= 11 is 0. The number of methoxy groups -OCH3 is 2. The zero-order chi connectivity index (χ0) is 23.9. The molecule has 5 rings (SSSR count). The molecule has 5 aromatic heterocycles. The Labute approximate surface area is 195 Å². The van der Waals surface area contributed by atoms with Gasteiger partial charge in [-0.25, -0.2) is 15.0 Å². The average molecular weight is 451 g/mol. The molecule has 0 N–H and O–H groups in total. The third-order valence-electron chi connectivity index (χ3n) is 5.69. The van der Waals surface area contributed by atoms with Crippen LogP contribution < -0.4 is 9.47 Å². The van der Waals surface area contributed by atoms with E-state index < -0.39 is 5.41 Å². The van der Waals surface area contributed by atoms with E-state index in [4.69, 9.17) is 14.5 Å². The van der Waals surface area contributed by atoms with Crippen LogP contribution in [0.1, 0.15) is 19.5 Å². The van der Waals surface area contributed by atoms with Gasteiger partial charge >= 0.3 is 0 Å². The van der Waals surface area contributed by atoms with Gasteiger partial charge in [0.05, 0.1) is 60.7 Å². The smallest absolute Gasteiger partial charge is 0.256 e. The van der Waals surface area contributed by atoms with Gasteiger partial charge in [-0.05, 0) is 44.2 Å². The molecule has 9 heteroatoms. The van der Waals surface area contributed by atoms with Gasteiger partial charge in [0.15, 0.2) is 5.75 Å². The molecule has 0 radical (unpaired) electrons. The monoisotopic (exact) mass is 451 g/mol.